The fraction of sp³-hybridized carbons (Fsp3) is 0.833. The van der Waals surface area contributed by atoms with Crippen LogP contribution in [0, 0.1) is 0 Å². The van der Waals surface area contributed by atoms with Crippen molar-refractivity contribution in [3.63, 3.8) is 0 Å². The molecule has 0 saturated heterocycles. The Morgan fingerprint density at radius 2 is 2.33 bits per heavy atom. The van der Waals surface area contributed by atoms with Crippen LogP contribution >= 0.6 is 0 Å². The molecule has 0 spiro atoms. The summed E-state index contributed by atoms with van der Waals surface area (Å²) in [6.07, 6.45) is 4.66. The zero-order chi connectivity index (χ0) is 11.1. The molecule has 0 aromatic rings. The van der Waals surface area contributed by atoms with Gasteiger partial charge in [-0.05, 0) is 19.4 Å². The van der Waals surface area contributed by atoms with Crippen LogP contribution in [0.25, 0.3) is 0 Å². The number of nitrogens with one attached hydrogen (secondary N) is 1. The van der Waals surface area contributed by atoms with Gasteiger partial charge < -0.3 is 10.1 Å². The molecular weight excluding hydrogens is 188 g/mol. The SMILES string of the molecule is C=CCN(C1CC1)C(CNCC)COC. The Hall–Kier alpha value is -0.380. The van der Waals surface area contributed by atoms with E-state index in [4.69, 9.17) is 4.74 Å². The Bertz CT molecular complexity index is 180. The predicted octanol–water partition coefficient (Wildman–Crippen LogP) is 1.26. The third kappa shape index (κ3) is 4.33. The van der Waals surface area contributed by atoms with E-state index in [0.29, 0.717) is 6.04 Å². The topological polar surface area (TPSA) is 24.5 Å². The van der Waals surface area contributed by atoms with Gasteiger partial charge in [0, 0.05) is 32.3 Å². The Morgan fingerprint density at radius 3 is 2.80 bits per heavy atom. The summed E-state index contributed by atoms with van der Waals surface area (Å²) in [6, 6.07) is 1.25. The van der Waals surface area contributed by atoms with E-state index in [1.165, 1.54) is 12.8 Å². The van der Waals surface area contributed by atoms with Crippen molar-refractivity contribution in [3.8, 4) is 0 Å². The summed E-state index contributed by atoms with van der Waals surface area (Å²) in [6.45, 7) is 9.78. The second-order valence-electron chi connectivity index (χ2n) is 4.13. The van der Waals surface area contributed by atoms with E-state index in [0.717, 1.165) is 32.3 Å². The first kappa shape index (κ1) is 12.7. The Kier molecular flexibility index (Phi) is 5.91. The van der Waals surface area contributed by atoms with E-state index in [1.54, 1.807) is 7.11 Å². The van der Waals surface area contributed by atoms with Gasteiger partial charge >= 0.3 is 0 Å². The van der Waals surface area contributed by atoms with E-state index >= 15 is 0 Å². The number of rotatable bonds is 9. The van der Waals surface area contributed by atoms with Gasteiger partial charge in [-0.15, -0.1) is 6.58 Å². The maximum atomic E-state index is 5.29. The highest BCUT2D eigenvalue weighted by molar-refractivity contribution is 4.92. The van der Waals surface area contributed by atoms with E-state index in [2.05, 4.69) is 23.7 Å². The number of likely N-dealkylation sites (N-methyl/N-ethyl adjacent to an activating group) is 1. The first-order chi connectivity index (χ1) is 7.33. The Labute approximate surface area is 93.5 Å². The van der Waals surface area contributed by atoms with Crippen molar-refractivity contribution in [1.82, 2.24) is 10.2 Å². The highest BCUT2D eigenvalue weighted by Gasteiger charge is 2.32. The summed E-state index contributed by atoms with van der Waals surface area (Å²) >= 11 is 0. The van der Waals surface area contributed by atoms with Crippen molar-refractivity contribution >= 4 is 0 Å². The molecule has 3 nitrogen and oxygen atoms in total. The first-order valence-electron chi connectivity index (χ1n) is 5.89. The van der Waals surface area contributed by atoms with Crippen molar-refractivity contribution < 1.29 is 4.74 Å². The van der Waals surface area contributed by atoms with Crippen LogP contribution in [0.4, 0.5) is 0 Å². The van der Waals surface area contributed by atoms with Gasteiger partial charge in [0.1, 0.15) is 0 Å². The molecule has 88 valence electrons. The molecule has 1 unspecified atom stereocenters. The van der Waals surface area contributed by atoms with E-state index in [1.807, 2.05) is 6.08 Å². The maximum absolute atomic E-state index is 5.29. The summed E-state index contributed by atoms with van der Waals surface area (Å²) in [5, 5.41) is 3.40. The molecule has 0 radical (unpaired) electrons. The molecule has 0 aromatic carbocycles. The second-order valence-corrected chi connectivity index (χ2v) is 4.13. The van der Waals surface area contributed by atoms with Gasteiger partial charge in [-0.25, -0.2) is 0 Å². The zero-order valence-electron chi connectivity index (χ0n) is 10.0. The molecule has 3 heteroatoms. The smallest absolute Gasteiger partial charge is 0.0630 e. The lowest BCUT2D eigenvalue weighted by molar-refractivity contribution is 0.0919. The van der Waals surface area contributed by atoms with Crippen LogP contribution in [-0.4, -0.2) is 50.3 Å². The molecule has 0 aliphatic heterocycles. The number of ether oxygens (including phenoxy) is 1. The quantitative estimate of drug-likeness (QED) is 0.582. The van der Waals surface area contributed by atoms with Crippen LogP contribution in [0.2, 0.25) is 0 Å². The fourth-order valence-corrected chi connectivity index (χ4v) is 1.93. The van der Waals surface area contributed by atoms with Crippen LogP contribution in [0.1, 0.15) is 19.8 Å². The van der Waals surface area contributed by atoms with Gasteiger partial charge in [0.25, 0.3) is 0 Å². The second kappa shape index (κ2) is 6.99. The monoisotopic (exact) mass is 212 g/mol. The Morgan fingerprint density at radius 1 is 1.60 bits per heavy atom. The average molecular weight is 212 g/mol. The van der Waals surface area contributed by atoms with Gasteiger partial charge in [0.2, 0.25) is 0 Å². The summed E-state index contributed by atoms with van der Waals surface area (Å²) in [4.78, 5) is 2.51. The molecule has 0 amide bonds. The van der Waals surface area contributed by atoms with E-state index in [9.17, 15) is 0 Å². The molecule has 0 heterocycles. The van der Waals surface area contributed by atoms with Gasteiger partial charge in [-0.1, -0.05) is 13.0 Å². The average Bonchev–Trinajstić information content (AvgIpc) is 3.05. The fourth-order valence-electron chi connectivity index (χ4n) is 1.93. The standard InChI is InChI=1S/C12H24N2O/c1-4-8-14(11-6-7-11)12(10-15-3)9-13-5-2/h4,11-13H,1,5-10H2,2-3H3. The minimum Gasteiger partial charge on any atom is -0.383 e. The Balaban J connectivity index is 2.43. The number of nitrogens with zero attached hydrogens (tertiary/aromatic N) is 1. The van der Waals surface area contributed by atoms with Gasteiger partial charge in [-0.3, -0.25) is 4.90 Å². The lowest BCUT2D eigenvalue weighted by Gasteiger charge is -2.30. The van der Waals surface area contributed by atoms with E-state index < -0.39 is 0 Å². The lowest BCUT2D eigenvalue weighted by Crippen LogP contribution is -2.46. The van der Waals surface area contributed by atoms with Crippen LogP contribution in [0.3, 0.4) is 0 Å². The van der Waals surface area contributed by atoms with Gasteiger partial charge in [0.15, 0.2) is 0 Å². The highest BCUT2D eigenvalue weighted by Crippen LogP contribution is 2.28. The van der Waals surface area contributed by atoms with Crippen LogP contribution in [0.15, 0.2) is 12.7 Å². The third-order valence-corrected chi connectivity index (χ3v) is 2.81. The van der Waals surface area contributed by atoms with Crippen LogP contribution < -0.4 is 5.32 Å². The summed E-state index contributed by atoms with van der Waals surface area (Å²) in [5.74, 6) is 0. The maximum Gasteiger partial charge on any atom is 0.0630 e. The minimum atomic E-state index is 0.487. The van der Waals surface area contributed by atoms with Crippen molar-refractivity contribution in [2.24, 2.45) is 0 Å². The van der Waals surface area contributed by atoms with Crippen LogP contribution in [0.5, 0.6) is 0 Å². The molecule has 1 aliphatic carbocycles. The summed E-state index contributed by atoms with van der Waals surface area (Å²) in [7, 11) is 1.78. The largest absolute Gasteiger partial charge is 0.383 e. The number of hydrogen-bond donors (Lipinski definition) is 1. The predicted molar refractivity (Wildman–Crippen MR) is 64.1 cm³/mol. The molecule has 1 fully saturated rings. The molecular formula is C12H24N2O. The molecule has 0 bridgehead atoms. The van der Waals surface area contributed by atoms with E-state index in [-0.39, 0.29) is 0 Å². The molecule has 1 aliphatic rings. The third-order valence-electron chi connectivity index (χ3n) is 2.81. The van der Waals surface area contributed by atoms with Crippen molar-refractivity contribution in [2.75, 3.05) is 33.4 Å². The molecule has 1 rings (SSSR count). The zero-order valence-corrected chi connectivity index (χ0v) is 10.0. The molecule has 1 N–H and O–H groups in total. The number of hydrogen-bond acceptors (Lipinski definition) is 3. The molecule has 1 atom stereocenters. The summed E-state index contributed by atoms with van der Waals surface area (Å²) in [5.41, 5.74) is 0. The van der Waals surface area contributed by atoms with Crippen molar-refractivity contribution in [3.05, 3.63) is 12.7 Å². The first-order valence-corrected chi connectivity index (χ1v) is 5.89. The van der Waals surface area contributed by atoms with Crippen molar-refractivity contribution in [2.45, 2.75) is 31.8 Å². The highest BCUT2D eigenvalue weighted by atomic mass is 16.5. The van der Waals surface area contributed by atoms with Gasteiger partial charge in [0.05, 0.1) is 6.61 Å². The van der Waals surface area contributed by atoms with Crippen LogP contribution in [-0.2, 0) is 4.74 Å². The minimum absolute atomic E-state index is 0.487. The lowest BCUT2D eigenvalue weighted by atomic mass is 10.2. The normalized spacial score (nSPS) is 18.1. The molecule has 0 aromatic heterocycles. The van der Waals surface area contributed by atoms with Crippen molar-refractivity contribution in [1.29, 1.82) is 0 Å². The van der Waals surface area contributed by atoms with Gasteiger partial charge in [-0.2, -0.15) is 0 Å². The molecule has 1 saturated carbocycles. The number of methoxy groups -OCH3 is 1. The summed E-state index contributed by atoms with van der Waals surface area (Å²) < 4.78 is 5.29. The molecule has 15 heavy (non-hydrogen) atoms.